The molecule has 1 spiro atoms. The Labute approximate surface area is 250 Å². The van der Waals surface area contributed by atoms with Gasteiger partial charge in [0.15, 0.2) is 5.54 Å². The number of amides is 1. The lowest BCUT2D eigenvalue weighted by atomic mass is 9.73. The van der Waals surface area contributed by atoms with Crippen molar-refractivity contribution in [2.24, 2.45) is 4.99 Å². The summed E-state index contributed by atoms with van der Waals surface area (Å²) in [6, 6.07) is 37.8. The van der Waals surface area contributed by atoms with E-state index in [0.717, 1.165) is 33.5 Å². The van der Waals surface area contributed by atoms with Gasteiger partial charge in [-0.2, -0.15) is 0 Å². The van der Waals surface area contributed by atoms with Crippen LogP contribution in [0, 0.1) is 0 Å². The lowest BCUT2D eigenvalue weighted by Gasteiger charge is -2.32. The van der Waals surface area contributed by atoms with Gasteiger partial charge in [-0.1, -0.05) is 121 Å². The van der Waals surface area contributed by atoms with Gasteiger partial charge in [0.05, 0.1) is 29.4 Å². The van der Waals surface area contributed by atoms with Gasteiger partial charge in [-0.15, -0.1) is 0 Å². The average Bonchev–Trinajstić information content (AvgIpc) is 3.47. The second kappa shape index (κ2) is 10.3. The van der Waals surface area contributed by atoms with Gasteiger partial charge in [0.1, 0.15) is 0 Å². The van der Waals surface area contributed by atoms with E-state index in [2.05, 4.69) is 16.9 Å². The Morgan fingerprint density at radius 3 is 2.12 bits per heavy atom. The molecule has 3 heterocycles. The Morgan fingerprint density at radius 1 is 0.857 bits per heavy atom. The molecule has 0 aliphatic carbocycles. The number of carbonyl (C=O) groups excluding carboxylic acids is 1. The summed E-state index contributed by atoms with van der Waals surface area (Å²) in [5, 5.41) is 0.650. The first-order valence-electron chi connectivity index (χ1n) is 13.9. The lowest BCUT2D eigenvalue weighted by molar-refractivity contribution is -0.123. The highest BCUT2D eigenvalue weighted by Crippen LogP contribution is 2.61. The second-order valence-electron chi connectivity index (χ2n) is 10.9. The van der Waals surface area contributed by atoms with Gasteiger partial charge in [-0.05, 0) is 22.8 Å². The number of benzene rings is 4. The highest BCUT2D eigenvalue weighted by Gasteiger charge is 2.62. The first kappa shape index (κ1) is 26.7. The Balaban J connectivity index is 1.46. The molecule has 3 aliphatic rings. The van der Waals surface area contributed by atoms with E-state index in [1.807, 2.05) is 108 Å². The van der Waals surface area contributed by atoms with E-state index in [-0.39, 0.29) is 11.2 Å². The molecule has 6 nitrogen and oxygen atoms in total. The Kier molecular flexibility index (Phi) is 6.55. The van der Waals surface area contributed by atoms with Crippen LogP contribution in [0.3, 0.4) is 0 Å². The molecule has 3 aliphatic heterocycles. The predicted octanol–water partition coefficient (Wildman–Crippen LogP) is 6.31. The topological polar surface area (TPSA) is 78.8 Å². The second-order valence-corrected chi connectivity index (χ2v) is 13.8. The van der Waals surface area contributed by atoms with Crippen LogP contribution in [0.1, 0.15) is 39.8 Å². The quantitative estimate of drug-likeness (QED) is 0.285. The van der Waals surface area contributed by atoms with Crippen LogP contribution in [0.4, 0.5) is 5.69 Å². The molecule has 1 N–H and O–H groups in total. The fraction of sp³-hybridized carbons (Fsp3) is 0.176. The summed E-state index contributed by atoms with van der Waals surface area (Å²) >= 11 is 1.61. The van der Waals surface area contributed by atoms with E-state index in [1.54, 1.807) is 11.8 Å². The van der Waals surface area contributed by atoms with Crippen LogP contribution >= 0.6 is 11.8 Å². The summed E-state index contributed by atoms with van der Waals surface area (Å²) in [6.45, 7) is 0.415. The minimum atomic E-state index is -3.60. The lowest BCUT2D eigenvalue weighted by Crippen LogP contribution is -2.42. The first-order chi connectivity index (χ1) is 20.3. The number of anilines is 1. The number of hydrogen-bond donors (Lipinski definition) is 1. The van der Waals surface area contributed by atoms with Crippen molar-refractivity contribution in [2.75, 3.05) is 11.2 Å². The fourth-order valence-electron chi connectivity index (χ4n) is 6.48. The van der Waals surface area contributed by atoms with Gasteiger partial charge in [-0.3, -0.25) is 14.5 Å². The third kappa shape index (κ3) is 4.46. The van der Waals surface area contributed by atoms with Gasteiger partial charge >= 0.3 is 0 Å². The molecule has 8 heteroatoms. The maximum atomic E-state index is 14.9. The van der Waals surface area contributed by atoms with Crippen molar-refractivity contribution in [2.45, 2.75) is 29.7 Å². The number of nitrogens with zero attached hydrogens (tertiary/aromatic N) is 2. The summed E-state index contributed by atoms with van der Waals surface area (Å²) in [5.41, 5.74) is 4.81. The summed E-state index contributed by atoms with van der Waals surface area (Å²) in [6.07, 6.45) is 1.65. The molecule has 0 bridgehead atoms. The van der Waals surface area contributed by atoms with Crippen molar-refractivity contribution in [3.8, 4) is 0 Å². The fourth-order valence-corrected chi connectivity index (χ4v) is 8.50. The van der Waals surface area contributed by atoms with Crippen LogP contribution in [0.15, 0.2) is 132 Å². The number of para-hydroxylation sites is 1. The van der Waals surface area contributed by atoms with Gasteiger partial charge in [0.2, 0.25) is 10.0 Å². The Morgan fingerprint density at radius 2 is 1.45 bits per heavy atom. The molecule has 1 amide bonds. The number of aliphatic imine (C=N–C) groups is 1. The average molecular weight is 592 g/mol. The molecular formula is C34H29N3O3S2. The molecule has 4 aromatic rings. The minimum Gasteiger partial charge on any atom is -0.305 e. The van der Waals surface area contributed by atoms with E-state index < -0.39 is 21.5 Å². The van der Waals surface area contributed by atoms with Gasteiger partial charge in [0, 0.05) is 28.5 Å². The number of thioether (sulfide) groups is 1. The van der Waals surface area contributed by atoms with Crippen molar-refractivity contribution in [1.82, 2.24) is 4.72 Å². The smallest absolute Gasteiger partial charge is 0.260 e. The molecule has 0 aromatic heterocycles. The number of rotatable bonds is 6. The van der Waals surface area contributed by atoms with Crippen LogP contribution in [-0.2, 0) is 26.9 Å². The Hall–Kier alpha value is -4.14. The summed E-state index contributed by atoms with van der Waals surface area (Å²) in [5.74, 6) is -0.608. The number of carbonyl (C=O) groups is 1. The summed E-state index contributed by atoms with van der Waals surface area (Å²) < 4.78 is 28.3. The van der Waals surface area contributed by atoms with Crippen molar-refractivity contribution >= 4 is 38.4 Å². The molecule has 0 saturated carbocycles. The SMILES string of the molecule is CS(=O)(=O)NC1=C2C(=N[C@]3(C(=O)N(Cc4ccccc4)c4ccccc43)[C@@H]2c2ccccc2)S[C@H](c2ccccc2)C1. The molecule has 0 unspecified atom stereocenters. The van der Waals surface area contributed by atoms with E-state index in [4.69, 9.17) is 4.99 Å². The van der Waals surface area contributed by atoms with E-state index in [0.29, 0.717) is 23.7 Å². The van der Waals surface area contributed by atoms with Crippen LogP contribution < -0.4 is 9.62 Å². The summed E-state index contributed by atoms with van der Waals surface area (Å²) in [7, 11) is -3.60. The van der Waals surface area contributed by atoms with Crippen molar-refractivity contribution in [1.29, 1.82) is 0 Å². The third-order valence-electron chi connectivity index (χ3n) is 8.16. The first-order valence-corrected chi connectivity index (χ1v) is 16.7. The summed E-state index contributed by atoms with van der Waals surface area (Å²) in [4.78, 5) is 22.1. The van der Waals surface area contributed by atoms with Gasteiger partial charge < -0.3 is 4.90 Å². The highest BCUT2D eigenvalue weighted by atomic mass is 32.2. The molecule has 4 aromatic carbocycles. The molecule has 7 rings (SSSR count). The third-order valence-corrected chi connectivity index (χ3v) is 10.0. The zero-order valence-electron chi connectivity index (χ0n) is 23.0. The maximum Gasteiger partial charge on any atom is 0.260 e. The molecular weight excluding hydrogens is 563 g/mol. The van der Waals surface area contributed by atoms with E-state index >= 15 is 0 Å². The van der Waals surface area contributed by atoms with E-state index in [9.17, 15) is 13.2 Å². The number of sulfonamides is 1. The van der Waals surface area contributed by atoms with Crippen LogP contribution in [0.2, 0.25) is 0 Å². The van der Waals surface area contributed by atoms with E-state index in [1.165, 1.54) is 6.26 Å². The molecule has 0 radical (unpaired) electrons. The zero-order valence-corrected chi connectivity index (χ0v) is 24.6. The van der Waals surface area contributed by atoms with Crippen molar-refractivity contribution in [3.05, 3.63) is 149 Å². The molecule has 210 valence electrons. The number of nitrogens with one attached hydrogen (secondary N) is 1. The zero-order chi connectivity index (χ0) is 28.9. The molecule has 42 heavy (non-hydrogen) atoms. The van der Waals surface area contributed by atoms with Crippen molar-refractivity contribution < 1.29 is 13.2 Å². The monoisotopic (exact) mass is 591 g/mol. The minimum absolute atomic E-state index is 0.0586. The number of allylic oxidation sites excluding steroid dienone is 1. The van der Waals surface area contributed by atoms with Gasteiger partial charge in [-0.25, -0.2) is 8.42 Å². The number of fused-ring (bicyclic) bond motifs is 3. The molecule has 0 fully saturated rings. The highest BCUT2D eigenvalue weighted by molar-refractivity contribution is 8.14. The largest absolute Gasteiger partial charge is 0.305 e. The van der Waals surface area contributed by atoms with Crippen LogP contribution in [0.5, 0.6) is 0 Å². The van der Waals surface area contributed by atoms with Crippen LogP contribution in [0.25, 0.3) is 0 Å². The number of hydrogen-bond acceptors (Lipinski definition) is 5. The molecule has 3 atom stereocenters. The predicted molar refractivity (Wildman–Crippen MR) is 169 cm³/mol. The standard InChI is InChI=1S/C34H29N3O3S2/c1-42(39,40)36-27-21-29(24-15-7-3-8-16-24)41-32-30(27)31(25-17-9-4-10-18-25)34(35-32)26-19-11-12-20-28(26)37(33(34)38)22-23-13-5-2-6-14-23/h2-20,29,31,36H,21-22H2,1H3/t29-,31+,34-/m0/s1. The molecule has 0 saturated heterocycles. The van der Waals surface area contributed by atoms with Crippen LogP contribution in [-0.4, -0.2) is 25.6 Å². The van der Waals surface area contributed by atoms with Gasteiger partial charge in [0.25, 0.3) is 5.91 Å². The normalized spacial score (nSPS) is 23.1. The Bertz CT molecular complexity index is 1840. The maximum absolute atomic E-state index is 14.9. The van der Waals surface area contributed by atoms with Crippen molar-refractivity contribution in [3.63, 3.8) is 0 Å².